The molecule has 0 radical (unpaired) electrons. The summed E-state index contributed by atoms with van der Waals surface area (Å²) in [5.41, 5.74) is 1.21. The van der Waals surface area contributed by atoms with Crippen LogP contribution in [0.3, 0.4) is 0 Å². The van der Waals surface area contributed by atoms with Crippen molar-refractivity contribution in [1.82, 2.24) is 4.90 Å². The van der Waals surface area contributed by atoms with E-state index in [2.05, 4.69) is 0 Å². The molecule has 1 aromatic carbocycles. The van der Waals surface area contributed by atoms with Crippen molar-refractivity contribution in [1.29, 1.82) is 0 Å². The fourth-order valence-electron chi connectivity index (χ4n) is 1.35. The monoisotopic (exact) mass is 207 g/mol. The number of likely N-dealkylation sites (N-methyl/N-ethyl adjacent to an activating group) is 1. The van der Waals surface area contributed by atoms with Crippen molar-refractivity contribution in [3.63, 3.8) is 0 Å². The Hall–Kier alpha value is -1.51. The lowest BCUT2D eigenvalue weighted by molar-refractivity contribution is -0.118. The molecule has 0 aliphatic rings. The average Bonchev–Trinajstić information content (AvgIpc) is 2.29. The summed E-state index contributed by atoms with van der Waals surface area (Å²) in [4.78, 5) is 12.2. The molecule has 0 aliphatic carbocycles. The van der Waals surface area contributed by atoms with Crippen molar-refractivity contribution in [2.24, 2.45) is 0 Å². The molecule has 0 fully saturated rings. The van der Waals surface area contributed by atoms with Crippen LogP contribution in [0.25, 0.3) is 0 Å². The first-order valence-electron chi connectivity index (χ1n) is 4.97. The van der Waals surface area contributed by atoms with Gasteiger partial charge in [0.05, 0.1) is 7.11 Å². The zero-order valence-electron chi connectivity index (χ0n) is 9.43. The van der Waals surface area contributed by atoms with Gasteiger partial charge < -0.3 is 9.64 Å². The molecule has 3 nitrogen and oxygen atoms in total. The maximum Gasteiger partial charge on any atom is 0.209 e. The van der Waals surface area contributed by atoms with Gasteiger partial charge in [0.25, 0.3) is 0 Å². The van der Waals surface area contributed by atoms with Gasteiger partial charge in [-0.25, -0.2) is 0 Å². The van der Waals surface area contributed by atoms with Crippen LogP contribution in [-0.2, 0) is 11.2 Å². The van der Waals surface area contributed by atoms with Crippen LogP contribution < -0.4 is 4.74 Å². The Morgan fingerprint density at radius 2 is 2.00 bits per heavy atom. The van der Waals surface area contributed by atoms with Gasteiger partial charge in [-0.3, -0.25) is 4.79 Å². The number of amides is 1. The quantitative estimate of drug-likeness (QED) is 0.688. The highest BCUT2D eigenvalue weighted by molar-refractivity contribution is 5.47. The van der Waals surface area contributed by atoms with Crippen molar-refractivity contribution >= 4 is 6.41 Å². The average molecular weight is 207 g/mol. The van der Waals surface area contributed by atoms with Crippen molar-refractivity contribution < 1.29 is 9.53 Å². The second-order valence-electron chi connectivity index (χ2n) is 3.67. The molecule has 0 aromatic heterocycles. The summed E-state index contributed by atoms with van der Waals surface area (Å²) in [5.74, 6) is 0.857. The van der Waals surface area contributed by atoms with Crippen LogP contribution in [0.4, 0.5) is 0 Å². The second-order valence-corrected chi connectivity index (χ2v) is 3.67. The number of rotatable bonds is 5. The molecule has 0 saturated heterocycles. The Labute approximate surface area is 90.7 Å². The van der Waals surface area contributed by atoms with Crippen molar-refractivity contribution in [3.8, 4) is 5.75 Å². The van der Waals surface area contributed by atoms with Crippen LogP contribution in [0.15, 0.2) is 24.3 Å². The summed E-state index contributed by atoms with van der Waals surface area (Å²) in [6, 6.07) is 8.13. The molecule has 0 bridgehead atoms. The van der Waals surface area contributed by atoms with Gasteiger partial charge in [-0.1, -0.05) is 12.1 Å². The van der Waals surface area contributed by atoms with Crippen LogP contribution in [0.5, 0.6) is 5.75 Å². The van der Waals surface area contributed by atoms with Gasteiger partial charge in [-0.15, -0.1) is 0 Å². The highest BCUT2D eigenvalue weighted by Gasteiger charge is 2.07. The van der Waals surface area contributed by atoms with Gasteiger partial charge >= 0.3 is 0 Å². The van der Waals surface area contributed by atoms with Crippen LogP contribution in [-0.4, -0.2) is 31.5 Å². The summed E-state index contributed by atoms with van der Waals surface area (Å²) in [5, 5.41) is 0. The highest BCUT2D eigenvalue weighted by atomic mass is 16.5. The molecule has 0 spiro atoms. The van der Waals surface area contributed by atoms with E-state index >= 15 is 0 Å². The van der Waals surface area contributed by atoms with Crippen molar-refractivity contribution in [3.05, 3.63) is 29.8 Å². The topological polar surface area (TPSA) is 29.5 Å². The van der Waals surface area contributed by atoms with Gasteiger partial charge in [0.15, 0.2) is 0 Å². The van der Waals surface area contributed by atoms with Crippen molar-refractivity contribution in [2.45, 2.75) is 19.4 Å². The molecule has 0 heterocycles. The first-order valence-corrected chi connectivity index (χ1v) is 4.97. The Morgan fingerprint density at radius 3 is 2.47 bits per heavy atom. The van der Waals surface area contributed by atoms with Crippen molar-refractivity contribution in [2.75, 3.05) is 14.2 Å². The number of carbonyl (C=O) groups excluding carboxylic acids is 1. The number of nitrogens with zero attached hydrogens (tertiary/aromatic N) is 1. The zero-order valence-corrected chi connectivity index (χ0v) is 9.43. The molecule has 1 amide bonds. The maximum absolute atomic E-state index is 10.5. The van der Waals surface area contributed by atoms with Gasteiger partial charge in [-0.2, -0.15) is 0 Å². The first-order chi connectivity index (χ1) is 7.17. The number of hydrogen-bond donors (Lipinski definition) is 0. The summed E-state index contributed by atoms with van der Waals surface area (Å²) in [7, 11) is 3.44. The number of benzene rings is 1. The second kappa shape index (κ2) is 5.39. The molecule has 82 valence electrons. The predicted octanol–water partition coefficient (Wildman–Crippen LogP) is 1.71. The fourth-order valence-corrected chi connectivity index (χ4v) is 1.35. The minimum atomic E-state index is 0.218. The standard InChI is InChI=1S/C12H17NO2/c1-10(13(2)9-14)8-11-4-6-12(15-3)7-5-11/h4-7,9-10H,8H2,1-3H3. The molecule has 1 aromatic rings. The van der Waals surface area contributed by atoms with E-state index in [4.69, 9.17) is 4.74 Å². The Bertz CT molecular complexity index is 308. The lowest BCUT2D eigenvalue weighted by Gasteiger charge is -2.20. The normalized spacial score (nSPS) is 11.9. The molecule has 1 atom stereocenters. The lowest BCUT2D eigenvalue weighted by Crippen LogP contribution is -2.29. The van der Waals surface area contributed by atoms with Crippen LogP contribution in [0, 0.1) is 0 Å². The SMILES string of the molecule is COc1ccc(CC(C)N(C)C=O)cc1. The third kappa shape index (κ3) is 3.27. The Balaban J connectivity index is 2.60. The molecule has 0 saturated carbocycles. The van der Waals surface area contributed by atoms with Crippen LogP contribution in [0.2, 0.25) is 0 Å². The summed E-state index contributed by atoms with van der Waals surface area (Å²) < 4.78 is 5.08. The largest absolute Gasteiger partial charge is 0.497 e. The molecular weight excluding hydrogens is 190 g/mol. The van der Waals surface area contributed by atoms with E-state index in [1.54, 1.807) is 19.1 Å². The van der Waals surface area contributed by atoms with E-state index in [1.807, 2.05) is 31.2 Å². The van der Waals surface area contributed by atoms with E-state index < -0.39 is 0 Å². The minimum absolute atomic E-state index is 0.218. The zero-order chi connectivity index (χ0) is 11.3. The number of methoxy groups -OCH3 is 1. The minimum Gasteiger partial charge on any atom is -0.497 e. The lowest BCUT2D eigenvalue weighted by atomic mass is 10.1. The molecule has 15 heavy (non-hydrogen) atoms. The van der Waals surface area contributed by atoms with Gasteiger partial charge in [0, 0.05) is 13.1 Å². The van der Waals surface area contributed by atoms with E-state index in [-0.39, 0.29) is 6.04 Å². The molecule has 3 heteroatoms. The number of carbonyl (C=O) groups is 1. The maximum atomic E-state index is 10.5. The predicted molar refractivity (Wildman–Crippen MR) is 60.0 cm³/mol. The molecule has 0 N–H and O–H groups in total. The van der Waals surface area contributed by atoms with E-state index in [1.165, 1.54) is 5.56 Å². The molecule has 1 unspecified atom stereocenters. The fraction of sp³-hybridized carbons (Fsp3) is 0.417. The highest BCUT2D eigenvalue weighted by Crippen LogP contribution is 2.13. The summed E-state index contributed by atoms with van der Waals surface area (Å²) in [6.45, 7) is 2.03. The third-order valence-electron chi connectivity index (χ3n) is 2.55. The van der Waals surface area contributed by atoms with Gasteiger partial charge in [0.1, 0.15) is 5.75 Å². The van der Waals surface area contributed by atoms with Gasteiger partial charge in [0.2, 0.25) is 6.41 Å². The Kier molecular flexibility index (Phi) is 4.16. The molecule has 1 rings (SSSR count). The first kappa shape index (κ1) is 11.6. The van der Waals surface area contributed by atoms with Crippen LogP contribution in [0.1, 0.15) is 12.5 Å². The van der Waals surface area contributed by atoms with E-state index in [0.717, 1.165) is 18.6 Å². The summed E-state index contributed by atoms with van der Waals surface area (Å²) >= 11 is 0. The molecule has 0 aliphatic heterocycles. The number of hydrogen-bond acceptors (Lipinski definition) is 2. The van der Waals surface area contributed by atoms with Crippen LogP contribution >= 0.6 is 0 Å². The number of ether oxygens (including phenoxy) is 1. The van der Waals surface area contributed by atoms with E-state index in [9.17, 15) is 4.79 Å². The summed E-state index contributed by atoms with van der Waals surface area (Å²) in [6.07, 6.45) is 1.72. The van der Waals surface area contributed by atoms with Gasteiger partial charge in [-0.05, 0) is 31.0 Å². The smallest absolute Gasteiger partial charge is 0.209 e. The Morgan fingerprint density at radius 1 is 1.40 bits per heavy atom. The molecular formula is C12H17NO2. The third-order valence-corrected chi connectivity index (χ3v) is 2.55. The van der Waals surface area contributed by atoms with E-state index in [0.29, 0.717) is 0 Å².